The maximum Gasteiger partial charge on any atom is 0.326 e. The molecule has 140 valence electrons. The SMILES string of the molecule is CCCC(=O)N(C)CC(=O)N1CCC(n2c(=O)[nH]c3ccccc32)CC1. The number of fused-ring (bicyclic) bond motifs is 1. The fourth-order valence-corrected chi connectivity index (χ4v) is 3.61. The predicted octanol–water partition coefficient (Wildman–Crippen LogP) is 1.75. The Morgan fingerprint density at radius 2 is 1.92 bits per heavy atom. The van der Waals surface area contributed by atoms with E-state index in [1.165, 1.54) is 4.90 Å². The maximum absolute atomic E-state index is 12.4. The van der Waals surface area contributed by atoms with Crippen LogP contribution >= 0.6 is 0 Å². The first-order valence-corrected chi connectivity index (χ1v) is 9.22. The van der Waals surface area contributed by atoms with Gasteiger partial charge in [-0.15, -0.1) is 0 Å². The van der Waals surface area contributed by atoms with Crippen LogP contribution in [0.5, 0.6) is 0 Å². The molecule has 1 aromatic heterocycles. The predicted molar refractivity (Wildman–Crippen MR) is 100.0 cm³/mol. The first-order valence-electron chi connectivity index (χ1n) is 9.22. The fraction of sp³-hybridized carbons (Fsp3) is 0.526. The summed E-state index contributed by atoms with van der Waals surface area (Å²) in [5.41, 5.74) is 1.65. The lowest BCUT2D eigenvalue weighted by molar-refractivity contribution is -0.140. The van der Waals surface area contributed by atoms with Crippen LogP contribution in [0.4, 0.5) is 0 Å². The van der Waals surface area contributed by atoms with Crippen molar-refractivity contribution in [2.24, 2.45) is 0 Å². The van der Waals surface area contributed by atoms with Gasteiger partial charge < -0.3 is 14.8 Å². The highest BCUT2D eigenvalue weighted by Gasteiger charge is 2.26. The lowest BCUT2D eigenvalue weighted by Crippen LogP contribution is -2.45. The molecule has 0 radical (unpaired) electrons. The van der Waals surface area contributed by atoms with Crippen LogP contribution in [0.2, 0.25) is 0 Å². The molecule has 0 aliphatic carbocycles. The number of nitrogens with one attached hydrogen (secondary N) is 1. The molecule has 0 bridgehead atoms. The molecule has 7 heteroatoms. The Labute approximate surface area is 152 Å². The summed E-state index contributed by atoms with van der Waals surface area (Å²) in [6.45, 7) is 3.28. The monoisotopic (exact) mass is 358 g/mol. The van der Waals surface area contributed by atoms with Crippen LogP contribution in [-0.2, 0) is 9.59 Å². The maximum atomic E-state index is 12.4. The van der Waals surface area contributed by atoms with Crippen molar-refractivity contribution in [3.05, 3.63) is 34.7 Å². The zero-order chi connectivity index (χ0) is 18.7. The van der Waals surface area contributed by atoms with Crippen molar-refractivity contribution >= 4 is 22.8 Å². The first-order chi connectivity index (χ1) is 12.5. The van der Waals surface area contributed by atoms with Gasteiger partial charge in [0.15, 0.2) is 0 Å². The molecular formula is C19H26N4O3. The van der Waals surface area contributed by atoms with E-state index in [1.54, 1.807) is 11.9 Å². The third kappa shape index (κ3) is 3.66. The zero-order valence-corrected chi connectivity index (χ0v) is 15.4. The van der Waals surface area contributed by atoms with Gasteiger partial charge in [-0.05, 0) is 31.4 Å². The quantitative estimate of drug-likeness (QED) is 0.884. The Kier molecular flexibility index (Phi) is 5.44. The number of aromatic amines is 1. The van der Waals surface area contributed by atoms with E-state index in [0.29, 0.717) is 19.5 Å². The van der Waals surface area contributed by atoms with Gasteiger partial charge in [-0.1, -0.05) is 19.1 Å². The lowest BCUT2D eigenvalue weighted by atomic mass is 10.0. The molecule has 0 spiro atoms. The number of imidazole rings is 1. The molecule has 0 atom stereocenters. The smallest absolute Gasteiger partial charge is 0.326 e. The highest BCUT2D eigenvalue weighted by atomic mass is 16.2. The van der Waals surface area contributed by atoms with Crippen LogP contribution in [0.3, 0.4) is 0 Å². The number of likely N-dealkylation sites (N-methyl/N-ethyl adjacent to an activating group) is 1. The van der Waals surface area contributed by atoms with Gasteiger partial charge in [0.05, 0.1) is 17.6 Å². The van der Waals surface area contributed by atoms with Crippen LogP contribution in [0.25, 0.3) is 11.0 Å². The molecule has 1 N–H and O–H groups in total. The van der Waals surface area contributed by atoms with E-state index >= 15 is 0 Å². The topological polar surface area (TPSA) is 78.4 Å². The van der Waals surface area contributed by atoms with Crippen molar-refractivity contribution in [1.82, 2.24) is 19.4 Å². The lowest BCUT2D eigenvalue weighted by Gasteiger charge is -2.33. The number of piperidine rings is 1. The van der Waals surface area contributed by atoms with Crippen molar-refractivity contribution in [2.45, 2.75) is 38.6 Å². The number of rotatable bonds is 5. The van der Waals surface area contributed by atoms with E-state index in [2.05, 4.69) is 4.98 Å². The minimum atomic E-state index is -0.0964. The van der Waals surface area contributed by atoms with Crippen LogP contribution in [0.1, 0.15) is 38.6 Å². The molecule has 7 nitrogen and oxygen atoms in total. The number of para-hydroxylation sites is 2. The van der Waals surface area contributed by atoms with Crippen LogP contribution in [0, 0.1) is 0 Å². The molecule has 2 heterocycles. The number of amides is 2. The van der Waals surface area contributed by atoms with Gasteiger partial charge in [0.25, 0.3) is 0 Å². The molecule has 0 unspecified atom stereocenters. The summed E-state index contributed by atoms with van der Waals surface area (Å²) >= 11 is 0. The zero-order valence-electron chi connectivity index (χ0n) is 15.4. The summed E-state index contributed by atoms with van der Waals surface area (Å²) in [6, 6.07) is 7.75. The van der Waals surface area contributed by atoms with Crippen molar-refractivity contribution in [2.75, 3.05) is 26.7 Å². The Bertz CT molecular complexity index is 846. The Balaban J connectivity index is 1.62. The average molecular weight is 358 g/mol. The Morgan fingerprint density at radius 3 is 2.62 bits per heavy atom. The van der Waals surface area contributed by atoms with E-state index in [-0.39, 0.29) is 30.1 Å². The number of carbonyl (C=O) groups is 2. The largest absolute Gasteiger partial charge is 0.341 e. The Morgan fingerprint density at radius 1 is 1.23 bits per heavy atom. The van der Waals surface area contributed by atoms with E-state index < -0.39 is 0 Å². The van der Waals surface area contributed by atoms with E-state index in [1.807, 2.05) is 35.8 Å². The second-order valence-electron chi connectivity index (χ2n) is 6.93. The molecule has 0 saturated carbocycles. The minimum Gasteiger partial charge on any atom is -0.341 e. The van der Waals surface area contributed by atoms with Gasteiger partial charge in [-0.2, -0.15) is 0 Å². The summed E-state index contributed by atoms with van der Waals surface area (Å²) < 4.78 is 1.81. The van der Waals surface area contributed by atoms with Crippen molar-refractivity contribution < 1.29 is 9.59 Å². The second kappa shape index (κ2) is 7.76. The van der Waals surface area contributed by atoms with Crippen LogP contribution in [0.15, 0.2) is 29.1 Å². The van der Waals surface area contributed by atoms with E-state index in [4.69, 9.17) is 0 Å². The Hall–Kier alpha value is -2.57. The second-order valence-corrected chi connectivity index (χ2v) is 6.93. The molecule has 1 saturated heterocycles. The third-order valence-electron chi connectivity index (χ3n) is 5.07. The fourth-order valence-electron chi connectivity index (χ4n) is 3.61. The number of H-pyrrole nitrogens is 1. The van der Waals surface area contributed by atoms with Crippen LogP contribution in [-0.4, -0.2) is 57.8 Å². The van der Waals surface area contributed by atoms with Gasteiger partial charge in [0.1, 0.15) is 0 Å². The number of likely N-dealkylation sites (tertiary alicyclic amines) is 1. The molecule has 3 rings (SSSR count). The number of hydrogen-bond acceptors (Lipinski definition) is 3. The summed E-state index contributed by atoms with van der Waals surface area (Å²) in [4.78, 5) is 42.8. The number of nitrogens with zero attached hydrogens (tertiary/aromatic N) is 3. The van der Waals surface area contributed by atoms with Gasteiger partial charge in [-0.3, -0.25) is 14.2 Å². The van der Waals surface area contributed by atoms with Gasteiger partial charge in [-0.25, -0.2) is 4.79 Å². The standard InChI is InChI=1S/C19H26N4O3/c1-3-6-17(24)21(2)13-18(25)22-11-9-14(10-12-22)23-16-8-5-4-7-15(16)20-19(23)26/h4-5,7-8,14H,3,6,9-13H2,1-2H3,(H,20,26). The molecule has 2 aromatic rings. The molecule has 26 heavy (non-hydrogen) atoms. The van der Waals surface area contributed by atoms with Gasteiger partial charge >= 0.3 is 5.69 Å². The molecule has 2 amide bonds. The van der Waals surface area contributed by atoms with Gasteiger partial charge in [0, 0.05) is 32.6 Å². The number of benzene rings is 1. The highest BCUT2D eigenvalue weighted by Crippen LogP contribution is 2.24. The average Bonchev–Trinajstić information content (AvgIpc) is 2.97. The third-order valence-corrected chi connectivity index (χ3v) is 5.07. The normalized spacial score (nSPS) is 15.4. The number of aromatic nitrogens is 2. The van der Waals surface area contributed by atoms with E-state index in [9.17, 15) is 14.4 Å². The number of carbonyl (C=O) groups excluding carboxylic acids is 2. The molecular weight excluding hydrogens is 332 g/mol. The van der Waals surface area contributed by atoms with Crippen molar-refractivity contribution in [1.29, 1.82) is 0 Å². The summed E-state index contributed by atoms with van der Waals surface area (Å²) in [5, 5.41) is 0. The summed E-state index contributed by atoms with van der Waals surface area (Å²) in [5.74, 6) is -0.0252. The minimum absolute atomic E-state index is 0.00100. The van der Waals surface area contributed by atoms with E-state index in [0.717, 1.165) is 30.3 Å². The summed E-state index contributed by atoms with van der Waals surface area (Å²) in [6.07, 6.45) is 2.72. The highest BCUT2D eigenvalue weighted by molar-refractivity contribution is 5.84. The molecule has 1 aliphatic rings. The molecule has 1 fully saturated rings. The van der Waals surface area contributed by atoms with Crippen molar-refractivity contribution in [3.63, 3.8) is 0 Å². The van der Waals surface area contributed by atoms with Crippen LogP contribution < -0.4 is 5.69 Å². The molecule has 1 aromatic carbocycles. The summed E-state index contributed by atoms with van der Waals surface area (Å²) in [7, 11) is 1.67. The van der Waals surface area contributed by atoms with Crippen molar-refractivity contribution in [3.8, 4) is 0 Å². The first kappa shape index (κ1) is 18.2. The number of hydrogen-bond donors (Lipinski definition) is 1. The molecule has 1 aliphatic heterocycles. The van der Waals surface area contributed by atoms with Gasteiger partial charge in [0.2, 0.25) is 11.8 Å².